The molecule has 13 heavy (non-hydrogen) atoms. The van der Waals surface area contributed by atoms with E-state index in [-0.39, 0.29) is 29.6 Å². The Balaban J connectivity index is 0. The number of quaternary nitrogens is 1. The Bertz CT molecular complexity index is 89.1. The summed E-state index contributed by atoms with van der Waals surface area (Å²) in [4.78, 5) is 0. The zero-order chi connectivity index (χ0) is 9.40. The first kappa shape index (κ1) is 16.2. The quantitative estimate of drug-likeness (QED) is 0.204. The summed E-state index contributed by atoms with van der Waals surface area (Å²) >= 11 is 0. The van der Waals surface area contributed by atoms with Crippen LogP contribution < -0.4 is 41.0 Å². The number of nitrogens with two attached hydrogens (primary N) is 2. The van der Waals surface area contributed by atoms with Crippen LogP contribution in [0.1, 0.15) is 12.8 Å². The maximum absolute atomic E-state index is 8.76. The first-order valence-electron chi connectivity index (χ1n) is 3.93. The Labute approximate surface area is 99.9 Å². The average molecular weight is 202 g/mol. The first-order valence-corrected chi connectivity index (χ1v) is 3.93. The van der Waals surface area contributed by atoms with Crippen LogP contribution in [0.5, 0.6) is 0 Å². The Morgan fingerprint density at radius 2 is 1.85 bits per heavy atom. The summed E-state index contributed by atoms with van der Waals surface area (Å²) < 4.78 is 0. The molecule has 0 atom stereocenters. The summed E-state index contributed by atoms with van der Waals surface area (Å²) in [7, 11) is 0. The summed E-state index contributed by atoms with van der Waals surface area (Å²) in [5.41, 5.74) is 1.13. The molecule has 6 nitrogen and oxygen atoms in total. The number of nitrogens with zero attached hydrogens (tertiary/aromatic N) is 1. The number of hydrogen-bond donors (Lipinski definition) is 4. The molecule has 1 aliphatic heterocycles. The second-order valence-corrected chi connectivity index (χ2v) is 2.78. The molecule has 0 unspecified atom stereocenters. The largest absolute Gasteiger partial charge is 1.00 e. The van der Waals surface area contributed by atoms with Crippen LogP contribution in [0.25, 0.3) is 0 Å². The van der Waals surface area contributed by atoms with Gasteiger partial charge in [0, 0.05) is 6.61 Å². The minimum atomic E-state index is 0. The van der Waals surface area contributed by atoms with Gasteiger partial charge in [-0.2, -0.15) is 5.21 Å². The fraction of sp³-hybridized carbons (Fsp3) is 1.00. The van der Waals surface area contributed by atoms with Crippen molar-refractivity contribution in [2.45, 2.75) is 12.8 Å². The van der Waals surface area contributed by atoms with Gasteiger partial charge in [0.25, 0.3) is 0 Å². The van der Waals surface area contributed by atoms with E-state index in [9.17, 15) is 0 Å². The minimum absolute atomic E-state index is 0. The summed E-state index contributed by atoms with van der Waals surface area (Å²) in [6.07, 6.45) is 1.99. The molecule has 1 aliphatic rings. The van der Waals surface area contributed by atoms with E-state index in [1.807, 2.05) is 5.01 Å². The third-order valence-corrected chi connectivity index (χ3v) is 2.07. The predicted octanol–water partition coefficient (Wildman–Crippen LogP) is -4.99. The molecule has 7 heteroatoms. The summed E-state index contributed by atoms with van der Waals surface area (Å²) in [6, 6.07) is 0. The average Bonchev–Trinajstić information content (AvgIpc) is 2.21. The van der Waals surface area contributed by atoms with Gasteiger partial charge in [0.2, 0.25) is 0 Å². The first-order chi connectivity index (χ1) is 5.86. The van der Waals surface area contributed by atoms with Crippen LogP contribution in [0.3, 0.4) is 0 Å². The molecule has 74 valence electrons. The second kappa shape index (κ2) is 10.8. The maximum Gasteiger partial charge on any atom is 1.00 e. The van der Waals surface area contributed by atoms with E-state index in [4.69, 9.17) is 15.5 Å². The third-order valence-electron chi connectivity index (χ3n) is 2.07. The topological polar surface area (TPSA) is 109 Å². The molecule has 0 spiro atoms. The van der Waals surface area contributed by atoms with E-state index >= 15 is 0 Å². The van der Waals surface area contributed by atoms with E-state index in [0.29, 0.717) is 12.5 Å². The molecule has 0 aromatic carbocycles. The Morgan fingerprint density at radius 3 is 2.15 bits per heavy atom. The fourth-order valence-corrected chi connectivity index (χ4v) is 1.25. The molecular weight excluding hydrogens is 185 g/mol. The number of rotatable bonds is 2. The number of piperidine rings is 1. The van der Waals surface area contributed by atoms with Crippen LogP contribution in [0.4, 0.5) is 0 Å². The predicted molar refractivity (Wildman–Crippen MR) is 42.6 cm³/mol. The molecule has 0 aliphatic carbocycles. The van der Waals surface area contributed by atoms with Crippen molar-refractivity contribution < 1.29 is 45.5 Å². The Kier molecular flexibility index (Phi) is 13.5. The Hall–Kier alpha value is 0.760. The molecule has 1 heterocycles. The Morgan fingerprint density at radius 1 is 1.38 bits per heavy atom. The molecule has 1 saturated heterocycles. The minimum Gasteiger partial charge on any atom is -0.790 e. The summed E-state index contributed by atoms with van der Waals surface area (Å²) in [6.45, 7) is 2.04. The van der Waals surface area contributed by atoms with Crippen LogP contribution in [-0.2, 0) is 0 Å². The zero-order valence-electron chi connectivity index (χ0n) is 8.02. The number of aliphatic hydroxyl groups excluding tert-OH is 1. The van der Waals surface area contributed by atoms with E-state index in [1.165, 1.54) is 0 Å². The smallest absolute Gasteiger partial charge is 0.790 e. The van der Waals surface area contributed by atoms with Gasteiger partial charge in [-0.05, 0) is 18.8 Å². The number of aliphatic hydroxyl groups is 1. The van der Waals surface area contributed by atoms with Gasteiger partial charge in [0.15, 0.2) is 0 Å². The van der Waals surface area contributed by atoms with Crippen molar-refractivity contribution in [3.8, 4) is 0 Å². The summed E-state index contributed by atoms with van der Waals surface area (Å²) in [5.74, 6) is 3.70. The normalized spacial score (nSPS) is 18.5. The standard InChI is InChI=1S/C6H14N2O2.H2NO.Na/c9-5-6-1-3-8(7-10)4-2-6;1-2;/h6-7,9-10H,1-5H2;1H2;/q;-1;+1/p+1. The molecule has 1 rings (SSSR count). The van der Waals surface area contributed by atoms with Crippen molar-refractivity contribution in [2.75, 3.05) is 19.7 Å². The zero-order valence-corrected chi connectivity index (χ0v) is 10.0. The van der Waals surface area contributed by atoms with Gasteiger partial charge in [0.05, 0.1) is 13.1 Å². The second-order valence-electron chi connectivity index (χ2n) is 2.78. The van der Waals surface area contributed by atoms with Crippen LogP contribution in [-0.4, -0.2) is 35.0 Å². The van der Waals surface area contributed by atoms with Gasteiger partial charge >= 0.3 is 29.6 Å². The number of hydrogen-bond acceptors (Lipinski definition) is 5. The molecule has 0 amide bonds. The monoisotopic (exact) mass is 202 g/mol. The van der Waals surface area contributed by atoms with Crippen molar-refractivity contribution in [1.29, 1.82) is 0 Å². The van der Waals surface area contributed by atoms with Crippen LogP contribution in [0.15, 0.2) is 0 Å². The maximum atomic E-state index is 8.76. The van der Waals surface area contributed by atoms with Gasteiger partial charge in [0.1, 0.15) is 0 Å². The van der Waals surface area contributed by atoms with Crippen molar-refractivity contribution in [3.05, 3.63) is 5.21 Å². The molecule has 0 aromatic heterocycles. The molecule has 0 radical (unpaired) electrons. The van der Waals surface area contributed by atoms with E-state index in [2.05, 4.69) is 5.90 Å². The van der Waals surface area contributed by atoms with Gasteiger partial charge < -0.3 is 16.2 Å². The van der Waals surface area contributed by atoms with Crippen molar-refractivity contribution in [2.24, 2.45) is 11.8 Å². The molecule has 6 N–H and O–H groups in total. The molecule has 0 saturated carbocycles. The van der Waals surface area contributed by atoms with Gasteiger partial charge in [-0.25, -0.2) is 0 Å². The van der Waals surface area contributed by atoms with Crippen LogP contribution in [0, 0.1) is 11.1 Å². The fourth-order valence-electron chi connectivity index (χ4n) is 1.25. The van der Waals surface area contributed by atoms with Gasteiger partial charge in [-0.1, -0.05) is 0 Å². The molecule has 0 bridgehead atoms. The van der Waals surface area contributed by atoms with Crippen molar-refractivity contribution in [1.82, 2.24) is 5.01 Å². The third kappa shape index (κ3) is 6.78. The van der Waals surface area contributed by atoms with Crippen LogP contribution in [0.2, 0.25) is 0 Å². The van der Waals surface area contributed by atoms with Crippen LogP contribution >= 0.6 is 0 Å². The van der Waals surface area contributed by atoms with E-state index < -0.39 is 0 Å². The van der Waals surface area contributed by atoms with Gasteiger partial charge in [-0.15, -0.1) is 10.6 Å². The van der Waals surface area contributed by atoms with Gasteiger partial charge in [-0.3, -0.25) is 0 Å². The molecule has 0 aromatic rings. The molecule has 1 fully saturated rings. The van der Waals surface area contributed by atoms with E-state index in [0.717, 1.165) is 31.5 Å². The van der Waals surface area contributed by atoms with Crippen molar-refractivity contribution in [3.63, 3.8) is 0 Å². The molecular formula is C6H17N3NaO3+. The van der Waals surface area contributed by atoms with E-state index in [1.54, 1.807) is 0 Å². The van der Waals surface area contributed by atoms with Crippen molar-refractivity contribution >= 4 is 0 Å². The SMILES string of the molecule is N[O-].OCC1CCN([NH2+]O)CC1.[Na+]. The summed E-state index contributed by atoms with van der Waals surface area (Å²) in [5, 5.41) is 27.0.